The van der Waals surface area contributed by atoms with Crippen molar-refractivity contribution in [3.8, 4) is 0 Å². The number of hydrogen-bond acceptors (Lipinski definition) is 4. The number of para-hydroxylation sites is 1. The van der Waals surface area contributed by atoms with Gasteiger partial charge in [-0.15, -0.1) is 0 Å². The van der Waals surface area contributed by atoms with Crippen LogP contribution in [0.4, 0.5) is 5.69 Å². The topological polar surface area (TPSA) is 68.3 Å². The van der Waals surface area contributed by atoms with E-state index in [4.69, 9.17) is 4.74 Å². The van der Waals surface area contributed by atoms with Gasteiger partial charge in [-0.3, -0.25) is 4.79 Å². The number of rotatable bonds is 5. The number of carbonyl (C=O) groups excluding carboxylic acids is 2. The minimum atomic E-state index is -0.909. The monoisotopic (exact) mass is 360 g/mol. The van der Waals surface area contributed by atoms with Crippen molar-refractivity contribution in [3.63, 3.8) is 0 Å². The number of nitrogens with one attached hydrogen (secondary N) is 1. The Bertz CT molecular complexity index is 994. The first-order valence-corrected chi connectivity index (χ1v) is 8.63. The number of esters is 1. The Labute approximate surface area is 157 Å². The van der Waals surface area contributed by atoms with Crippen LogP contribution < -0.4 is 5.32 Å². The quantitative estimate of drug-likeness (QED) is 0.549. The van der Waals surface area contributed by atoms with Gasteiger partial charge in [-0.25, -0.2) is 9.78 Å². The summed E-state index contributed by atoms with van der Waals surface area (Å²) < 4.78 is 5.15. The fraction of sp³-hybridized carbons (Fsp3) is 0.136. The minimum Gasteiger partial charge on any atom is -0.449 e. The van der Waals surface area contributed by atoms with Gasteiger partial charge in [0.15, 0.2) is 6.10 Å². The Morgan fingerprint density at radius 1 is 1.04 bits per heavy atom. The zero-order chi connectivity index (χ0) is 19.2. The Kier molecular flexibility index (Phi) is 5.61. The second-order valence-electron chi connectivity index (χ2n) is 6.20. The summed E-state index contributed by atoms with van der Waals surface area (Å²) >= 11 is 0. The maximum Gasteiger partial charge on any atom is 0.331 e. The van der Waals surface area contributed by atoms with Crippen molar-refractivity contribution in [1.82, 2.24) is 4.98 Å². The van der Waals surface area contributed by atoms with E-state index in [0.717, 1.165) is 16.5 Å². The summed E-state index contributed by atoms with van der Waals surface area (Å²) in [5.74, 6) is -0.985. The zero-order valence-corrected chi connectivity index (χ0v) is 15.2. The predicted molar refractivity (Wildman–Crippen MR) is 106 cm³/mol. The molecule has 0 aliphatic heterocycles. The molecule has 0 radical (unpaired) electrons. The number of amides is 1. The molecule has 0 fully saturated rings. The van der Waals surface area contributed by atoms with Crippen molar-refractivity contribution in [1.29, 1.82) is 0 Å². The van der Waals surface area contributed by atoms with E-state index in [2.05, 4.69) is 10.3 Å². The van der Waals surface area contributed by atoms with Crippen molar-refractivity contribution >= 4 is 34.5 Å². The fourth-order valence-electron chi connectivity index (χ4n) is 2.48. The lowest BCUT2D eigenvalue weighted by Gasteiger charge is -2.12. The fourth-order valence-corrected chi connectivity index (χ4v) is 2.48. The van der Waals surface area contributed by atoms with Gasteiger partial charge in [-0.1, -0.05) is 42.0 Å². The van der Waals surface area contributed by atoms with Crippen LogP contribution >= 0.6 is 0 Å². The van der Waals surface area contributed by atoms with E-state index < -0.39 is 12.1 Å². The summed E-state index contributed by atoms with van der Waals surface area (Å²) in [7, 11) is 0. The highest BCUT2D eigenvalue weighted by Gasteiger charge is 2.16. The third-order valence-electron chi connectivity index (χ3n) is 3.99. The Hall–Kier alpha value is -3.47. The van der Waals surface area contributed by atoms with E-state index in [1.165, 1.54) is 13.0 Å². The number of hydrogen-bond donors (Lipinski definition) is 1. The Balaban J connectivity index is 1.57. The molecule has 0 aliphatic rings. The van der Waals surface area contributed by atoms with Crippen molar-refractivity contribution in [2.45, 2.75) is 20.0 Å². The molecule has 2 aromatic carbocycles. The molecule has 136 valence electrons. The van der Waals surface area contributed by atoms with E-state index in [1.54, 1.807) is 18.2 Å². The normalized spacial score (nSPS) is 12.1. The van der Waals surface area contributed by atoms with Gasteiger partial charge in [0.25, 0.3) is 5.91 Å². The molecule has 1 heterocycles. The van der Waals surface area contributed by atoms with Crippen LogP contribution in [0, 0.1) is 6.92 Å². The number of aryl methyl sites for hydroxylation is 1. The van der Waals surface area contributed by atoms with E-state index in [1.807, 2.05) is 55.5 Å². The van der Waals surface area contributed by atoms with Gasteiger partial charge in [0.1, 0.15) is 0 Å². The molecule has 27 heavy (non-hydrogen) atoms. The number of anilines is 1. The molecule has 5 heteroatoms. The molecule has 0 bridgehead atoms. The lowest BCUT2D eigenvalue weighted by Crippen LogP contribution is -2.29. The molecular formula is C22H20N2O3. The first-order chi connectivity index (χ1) is 13.0. The molecule has 1 aromatic heterocycles. The molecule has 0 aliphatic carbocycles. The zero-order valence-electron chi connectivity index (χ0n) is 15.2. The molecule has 0 saturated carbocycles. The average Bonchev–Trinajstić information content (AvgIpc) is 2.68. The lowest BCUT2D eigenvalue weighted by molar-refractivity contribution is -0.148. The predicted octanol–water partition coefficient (Wildman–Crippen LogP) is 4.13. The van der Waals surface area contributed by atoms with Crippen LogP contribution in [-0.2, 0) is 14.3 Å². The van der Waals surface area contributed by atoms with Crippen LogP contribution in [0.1, 0.15) is 18.2 Å². The molecule has 3 rings (SSSR count). The molecule has 1 N–H and O–H groups in total. The largest absolute Gasteiger partial charge is 0.449 e. The SMILES string of the molecule is Cc1ccc(NC(=O)C(C)OC(=O)/C=C/c2ccc3ccccc3n2)cc1. The molecule has 5 nitrogen and oxygen atoms in total. The molecule has 1 atom stereocenters. The molecule has 1 unspecified atom stereocenters. The highest BCUT2D eigenvalue weighted by Crippen LogP contribution is 2.13. The van der Waals surface area contributed by atoms with Gasteiger partial charge >= 0.3 is 5.97 Å². The van der Waals surface area contributed by atoms with Crippen LogP contribution in [0.15, 0.2) is 66.7 Å². The van der Waals surface area contributed by atoms with Gasteiger partial charge in [-0.2, -0.15) is 0 Å². The maximum absolute atomic E-state index is 12.1. The molecular weight excluding hydrogens is 340 g/mol. The summed E-state index contributed by atoms with van der Waals surface area (Å²) in [6.07, 6.45) is 1.93. The van der Waals surface area contributed by atoms with Gasteiger partial charge in [0.2, 0.25) is 0 Å². The van der Waals surface area contributed by atoms with Gasteiger partial charge in [0, 0.05) is 17.1 Å². The maximum atomic E-state index is 12.1. The molecule has 0 spiro atoms. The van der Waals surface area contributed by atoms with Crippen LogP contribution in [0.25, 0.3) is 17.0 Å². The van der Waals surface area contributed by atoms with Crippen LogP contribution in [0.2, 0.25) is 0 Å². The lowest BCUT2D eigenvalue weighted by atomic mass is 10.2. The minimum absolute atomic E-state index is 0.385. The van der Waals surface area contributed by atoms with Crippen molar-refractivity contribution in [2.24, 2.45) is 0 Å². The average molecular weight is 360 g/mol. The third-order valence-corrected chi connectivity index (χ3v) is 3.99. The van der Waals surface area contributed by atoms with Crippen molar-refractivity contribution in [2.75, 3.05) is 5.32 Å². The highest BCUT2D eigenvalue weighted by molar-refractivity contribution is 5.96. The molecule has 0 saturated heterocycles. The number of aromatic nitrogens is 1. The van der Waals surface area contributed by atoms with Crippen molar-refractivity contribution < 1.29 is 14.3 Å². The van der Waals surface area contributed by atoms with Crippen LogP contribution in [0.3, 0.4) is 0 Å². The third kappa shape index (κ3) is 5.01. The Morgan fingerprint density at radius 3 is 2.56 bits per heavy atom. The highest BCUT2D eigenvalue weighted by atomic mass is 16.5. The first-order valence-electron chi connectivity index (χ1n) is 8.63. The second-order valence-corrected chi connectivity index (χ2v) is 6.20. The summed E-state index contributed by atoms with van der Waals surface area (Å²) in [5.41, 5.74) is 3.24. The number of pyridine rings is 1. The number of ether oxygens (including phenoxy) is 1. The summed E-state index contributed by atoms with van der Waals surface area (Å²) in [6, 6.07) is 18.9. The summed E-state index contributed by atoms with van der Waals surface area (Å²) in [4.78, 5) is 28.6. The van der Waals surface area contributed by atoms with E-state index in [-0.39, 0.29) is 5.91 Å². The standard InChI is InChI=1S/C22H20N2O3/c1-15-7-10-19(11-8-15)24-22(26)16(2)27-21(25)14-13-18-12-9-17-5-3-4-6-20(17)23-18/h3-14,16H,1-2H3,(H,24,26)/b14-13+. The molecule has 1 amide bonds. The van der Waals surface area contributed by atoms with Crippen LogP contribution in [0.5, 0.6) is 0 Å². The first kappa shape index (κ1) is 18.3. The van der Waals surface area contributed by atoms with E-state index in [0.29, 0.717) is 11.4 Å². The Morgan fingerprint density at radius 2 is 1.78 bits per heavy atom. The molecule has 3 aromatic rings. The van der Waals surface area contributed by atoms with Gasteiger partial charge in [0.05, 0.1) is 11.2 Å². The van der Waals surface area contributed by atoms with Gasteiger partial charge < -0.3 is 10.1 Å². The van der Waals surface area contributed by atoms with Crippen molar-refractivity contribution in [3.05, 3.63) is 78.0 Å². The van der Waals surface area contributed by atoms with E-state index >= 15 is 0 Å². The number of benzene rings is 2. The van der Waals surface area contributed by atoms with Gasteiger partial charge in [-0.05, 0) is 44.2 Å². The number of nitrogens with zero attached hydrogens (tertiary/aromatic N) is 1. The summed E-state index contributed by atoms with van der Waals surface area (Å²) in [6.45, 7) is 3.50. The smallest absolute Gasteiger partial charge is 0.331 e. The number of carbonyl (C=O) groups is 2. The van der Waals surface area contributed by atoms with Crippen LogP contribution in [-0.4, -0.2) is 23.0 Å². The second kappa shape index (κ2) is 8.27. The number of fused-ring (bicyclic) bond motifs is 1. The summed E-state index contributed by atoms with van der Waals surface area (Å²) in [5, 5.41) is 3.74. The van der Waals surface area contributed by atoms with E-state index in [9.17, 15) is 9.59 Å².